The number of benzene rings is 2. The molecule has 2 aromatic carbocycles. The maximum Gasteiger partial charge on any atom is 0.274 e. The fourth-order valence-electron chi connectivity index (χ4n) is 2.20. The van der Waals surface area contributed by atoms with Crippen LogP contribution in [0.3, 0.4) is 0 Å². The zero-order valence-electron chi connectivity index (χ0n) is 13.2. The minimum absolute atomic E-state index is 0.251. The Morgan fingerprint density at radius 2 is 1.84 bits per heavy atom. The van der Waals surface area contributed by atoms with Crippen molar-refractivity contribution in [1.82, 2.24) is 4.98 Å². The summed E-state index contributed by atoms with van der Waals surface area (Å²) in [5.74, 6) is -0.803. The molecular weight excluding hydrogens is 341 g/mol. The molecule has 4 nitrogen and oxygen atoms in total. The van der Waals surface area contributed by atoms with Crippen LogP contribution in [0.25, 0.3) is 0 Å². The van der Waals surface area contributed by atoms with Gasteiger partial charge in [-0.3, -0.25) is 4.79 Å². The molecule has 1 aromatic heterocycles. The lowest BCUT2D eigenvalue weighted by Crippen LogP contribution is -2.13. The molecule has 0 spiro atoms. The van der Waals surface area contributed by atoms with Crippen molar-refractivity contribution in [1.29, 1.82) is 0 Å². The molecule has 0 radical (unpaired) electrons. The Hall–Kier alpha value is -2.92. The van der Waals surface area contributed by atoms with E-state index in [0.29, 0.717) is 17.3 Å². The number of hydrogen-bond acceptors (Lipinski definition) is 3. The van der Waals surface area contributed by atoms with E-state index >= 15 is 0 Å². The molecule has 0 aliphatic carbocycles. The molecule has 0 unspecified atom stereocenters. The van der Waals surface area contributed by atoms with E-state index in [2.05, 4.69) is 15.6 Å². The summed E-state index contributed by atoms with van der Waals surface area (Å²) >= 11 is 5.85. The van der Waals surface area contributed by atoms with Crippen molar-refractivity contribution >= 4 is 28.9 Å². The number of nitrogens with one attached hydrogen (secondary N) is 2. The van der Waals surface area contributed by atoms with Crippen LogP contribution < -0.4 is 10.6 Å². The average molecular weight is 356 g/mol. The van der Waals surface area contributed by atoms with Crippen LogP contribution in [0.2, 0.25) is 5.02 Å². The van der Waals surface area contributed by atoms with Gasteiger partial charge in [0.15, 0.2) is 0 Å². The topological polar surface area (TPSA) is 54.0 Å². The highest BCUT2D eigenvalue weighted by Crippen LogP contribution is 2.14. The molecule has 0 atom stereocenters. The van der Waals surface area contributed by atoms with Crippen LogP contribution in [-0.4, -0.2) is 10.9 Å². The third-order valence-corrected chi connectivity index (χ3v) is 3.74. The maximum absolute atomic E-state index is 13.1. The third-order valence-electron chi connectivity index (χ3n) is 3.49. The molecule has 6 heteroatoms. The number of amides is 1. The summed E-state index contributed by atoms with van der Waals surface area (Å²) in [4.78, 5) is 16.3. The minimum Gasteiger partial charge on any atom is -0.380 e. The van der Waals surface area contributed by atoms with E-state index in [1.165, 1.54) is 18.2 Å². The minimum atomic E-state index is -0.410. The van der Waals surface area contributed by atoms with Crippen molar-refractivity contribution in [3.05, 3.63) is 89.0 Å². The number of aromatic nitrogens is 1. The highest BCUT2D eigenvalue weighted by Gasteiger charge is 2.08. The Bertz CT molecular complexity index is 867. The monoisotopic (exact) mass is 355 g/mol. The van der Waals surface area contributed by atoms with Gasteiger partial charge in [-0.05, 0) is 48.0 Å². The quantitative estimate of drug-likeness (QED) is 0.695. The summed E-state index contributed by atoms with van der Waals surface area (Å²) in [5, 5.41) is 6.52. The van der Waals surface area contributed by atoms with Crippen LogP contribution in [-0.2, 0) is 6.54 Å². The summed E-state index contributed by atoms with van der Waals surface area (Å²) in [6.45, 7) is 0.619. The summed E-state index contributed by atoms with van der Waals surface area (Å²) in [6.07, 6.45) is 1.58. The van der Waals surface area contributed by atoms with E-state index in [1.54, 1.807) is 24.4 Å². The van der Waals surface area contributed by atoms with Gasteiger partial charge < -0.3 is 10.6 Å². The molecule has 1 heterocycles. The van der Waals surface area contributed by atoms with Gasteiger partial charge in [0.1, 0.15) is 11.5 Å². The highest BCUT2D eigenvalue weighted by molar-refractivity contribution is 6.30. The van der Waals surface area contributed by atoms with Crippen molar-refractivity contribution in [2.24, 2.45) is 0 Å². The molecule has 0 saturated heterocycles. The first kappa shape index (κ1) is 16.9. The van der Waals surface area contributed by atoms with Crippen molar-refractivity contribution in [3.8, 4) is 0 Å². The van der Waals surface area contributed by atoms with E-state index in [0.717, 1.165) is 11.3 Å². The average Bonchev–Trinajstić information content (AvgIpc) is 2.62. The first-order valence-electron chi connectivity index (χ1n) is 7.61. The maximum atomic E-state index is 13.1. The molecule has 1 amide bonds. The number of nitrogens with zero attached hydrogens (tertiary/aromatic N) is 1. The lowest BCUT2D eigenvalue weighted by molar-refractivity contribution is 0.102. The number of carbonyl (C=O) groups excluding carboxylic acids is 1. The normalized spacial score (nSPS) is 10.3. The number of halogens is 2. The molecule has 0 saturated carbocycles. The first-order chi connectivity index (χ1) is 12.1. The molecule has 3 rings (SSSR count). The second-order valence-corrected chi connectivity index (χ2v) is 5.81. The van der Waals surface area contributed by atoms with Crippen molar-refractivity contribution in [3.63, 3.8) is 0 Å². The summed E-state index contributed by atoms with van der Waals surface area (Å²) < 4.78 is 13.1. The molecule has 0 fully saturated rings. The molecule has 0 aliphatic rings. The Balaban J connectivity index is 1.59. The Morgan fingerprint density at radius 3 is 2.52 bits per heavy atom. The lowest BCUT2D eigenvalue weighted by atomic mass is 10.2. The van der Waals surface area contributed by atoms with Gasteiger partial charge in [-0.2, -0.15) is 0 Å². The fourth-order valence-corrected chi connectivity index (χ4v) is 2.33. The molecule has 126 valence electrons. The van der Waals surface area contributed by atoms with E-state index in [4.69, 9.17) is 11.6 Å². The molecule has 0 bridgehead atoms. The zero-order valence-corrected chi connectivity index (χ0v) is 13.9. The van der Waals surface area contributed by atoms with Crippen molar-refractivity contribution in [2.45, 2.75) is 6.54 Å². The Kier molecular flexibility index (Phi) is 5.26. The summed E-state index contributed by atoms with van der Waals surface area (Å²) in [5.41, 5.74) is 2.51. The van der Waals surface area contributed by atoms with Gasteiger partial charge >= 0.3 is 0 Å². The largest absolute Gasteiger partial charge is 0.380 e. The van der Waals surface area contributed by atoms with Crippen molar-refractivity contribution in [2.75, 3.05) is 10.6 Å². The SMILES string of the molecule is O=C(Nc1cccc(F)c1)c1ccc(NCc2ccc(Cl)cc2)cn1. The van der Waals surface area contributed by atoms with Gasteiger partial charge in [-0.25, -0.2) is 9.37 Å². The standard InChI is InChI=1S/C19H15ClFN3O/c20-14-6-4-13(5-7-14)11-22-17-8-9-18(23-12-17)19(25)24-16-3-1-2-15(21)10-16/h1-10,12,22H,11H2,(H,24,25). The third kappa shape index (κ3) is 4.78. The smallest absolute Gasteiger partial charge is 0.274 e. The second-order valence-electron chi connectivity index (χ2n) is 5.38. The number of pyridine rings is 1. The van der Waals surface area contributed by atoms with Gasteiger partial charge in [0, 0.05) is 17.3 Å². The van der Waals surface area contributed by atoms with Gasteiger partial charge in [0.2, 0.25) is 0 Å². The predicted octanol–water partition coefficient (Wildman–Crippen LogP) is 4.74. The van der Waals surface area contributed by atoms with Crippen LogP contribution in [0.5, 0.6) is 0 Å². The molecule has 2 N–H and O–H groups in total. The molecular formula is C19H15ClFN3O. The second kappa shape index (κ2) is 7.77. The lowest BCUT2D eigenvalue weighted by Gasteiger charge is -2.08. The van der Waals surface area contributed by atoms with Crippen LogP contribution in [0, 0.1) is 5.82 Å². The molecule has 25 heavy (non-hydrogen) atoms. The van der Waals surface area contributed by atoms with Crippen LogP contribution in [0.4, 0.5) is 15.8 Å². The molecule has 3 aromatic rings. The van der Waals surface area contributed by atoms with Gasteiger partial charge in [-0.15, -0.1) is 0 Å². The van der Waals surface area contributed by atoms with E-state index in [9.17, 15) is 9.18 Å². The number of anilines is 2. The highest BCUT2D eigenvalue weighted by atomic mass is 35.5. The van der Waals surface area contributed by atoms with Crippen molar-refractivity contribution < 1.29 is 9.18 Å². The van der Waals surface area contributed by atoms with Crippen LogP contribution >= 0.6 is 11.6 Å². The van der Waals surface area contributed by atoms with Gasteiger partial charge in [-0.1, -0.05) is 29.8 Å². The first-order valence-corrected chi connectivity index (χ1v) is 7.99. The van der Waals surface area contributed by atoms with E-state index < -0.39 is 11.7 Å². The number of hydrogen-bond donors (Lipinski definition) is 2. The number of rotatable bonds is 5. The number of carbonyl (C=O) groups is 1. The van der Waals surface area contributed by atoms with Gasteiger partial charge in [0.25, 0.3) is 5.91 Å². The molecule has 0 aliphatic heterocycles. The summed E-state index contributed by atoms with van der Waals surface area (Å²) in [7, 11) is 0. The van der Waals surface area contributed by atoms with Crippen LogP contribution in [0.1, 0.15) is 16.1 Å². The van der Waals surface area contributed by atoms with Crippen LogP contribution in [0.15, 0.2) is 66.9 Å². The predicted molar refractivity (Wildman–Crippen MR) is 97.4 cm³/mol. The van der Waals surface area contributed by atoms with E-state index in [-0.39, 0.29) is 5.69 Å². The van der Waals surface area contributed by atoms with E-state index in [1.807, 2.05) is 24.3 Å². The fraction of sp³-hybridized carbons (Fsp3) is 0.0526. The van der Waals surface area contributed by atoms with Gasteiger partial charge in [0.05, 0.1) is 11.9 Å². The Labute approximate surface area is 149 Å². The zero-order chi connectivity index (χ0) is 17.6. The summed E-state index contributed by atoms with van der Waals surface area (Å²) in [6, 6.07) is 16.6. The Morgan fingerprint density at radius 1 is 1.04 bits per heavy atom.